The summed E-state index contributed by atoms with van der Waals surface area (Å²) in [6, 6.07) is 0. The molecule has 8 aliphatic rings. The number of rotatable bonds is 0. The molecule has 0 amide bonds. The lowest BCUT2D eigenvalue weighted by Gasteiger charge is -2.88. The van der Waals surface area contributed by atoms with Crippen LogP contribution < -0.4 is 0 Å². The SMILES string of the molecule is C1C2C3C4C5C6C4C3C2[C@H]2C1C1C5C6C12. The van der Waals surface area contributed by atoms with Gasteiger partial charge in [-0.1, -0.05) is 0 Å². The van der Waals surface area contributed by atoms with E-state index in [2.05, 4.69) is 0 Å². The third-order valence-corrected chi connectivity index (χ3v) is 9.63. The van der Waals surface area contributed by atoms with Gasteiger partial charge in [0.05, 0.1) is 0 Å². The average Bonchev–Trinajstić information content (AvgIpc) is 2.60. The molecule has 0 radical (unpaired) electrons. The molecule has 8 fully saturated rings. The van der Waals surface area contributed by atoms with E-state index in [1.807, 2.05) is 0 Å². The Morgan fingerprint density at radius 1 is 0.333 bits per heavy atom. The molecule has 0 aromatic heterocycles. The molecular formula is C15H16. The smallest absolute Gasteiger partial charge is 0.0312 e. The highest BCUT2D eigenvalue weighted by molar-refractivity contribution is 5.41. The van der Waals surface area contributed by atoms with Gasteiger partial charge in [-0.3, -0.25) is 0 Å². The number of fused-ring (bicyclic) bond motifs is 6. The average molecular weight is 196 g/mol. The van der Waals surface area contributed by atoms with Crippen LogP contribution in [-0.2, 0) is 0 Å². The standard InChI is InChI=1S/C15H16/c1-2-4-5-3(1)7-9(5)13-11(7)14-10-6(2)8(4)12(10)15(13)14/h2-15H,1H2/t2?,3?,4-,5?,6?,7?,8?,9?,10?,11?,12?,13?,14?,15?/m1/s1. The molecule has 0 nitrogen and oxygen atoms in total. The summed E-state index contributed by atoms with van der Waals surface area (Å²) in [4.78, 5) is 0. The third-order valence-electron chi connectivity index (χ3n) is 9.63. The fraction of sp³-hybridized carbons (Fsp3) is 1.00. The monoisotopic (exact) mass is 196 g/mol. The minimum Gasteiger partial charge on any atom is -0.0464 e. The highest BCUT2D eigenvalue weighted by atomic mass is 15.0. The van der Waals surface area contributed by atoms with Gasteiger partial charge in [-0.2, -0.15) is 0 Å². The highest BCUT2D eigenvalue weighted by Gasteiger charge is 2.94. The Kier molecular flexibility index (Phi) is 0.518. The first kappa shape index (κ1) is 6.07. The lowest BCUT2D eigenvalue weighted by Crippen LogP contribution is -2.85. The van der Waals surface area contributed by atoms with Crippen LogP contribution in [0.15, 0.2) is 0 Å². The van der Waals surface area contributed by atoms with Crippen LogP contribution in [0.3, 0.4) is 0 Å². The van der Waals surface area contributed by atoms with Crippen molar-refractivity contribution in [2.45, 2.75) is 6.42 Å². The summed E-state index contributed by atoms with van der Waals surface area (Å²) < 4.78 is 0. The van der Waals surface area contributed by atoms with E-state index >= 15 is 0 Å². The third kappa shape index (κ3) is 0.286. The molecule has 0 spiro atoms. The Morgan fingerprint density at radius 2 is 0.600 bits per heavy atom. The summed E-state index contributed by atoms with van der Waals surface area (Å²) in [7, 11) is 0. The van der Waals surface area contributed by atoms with E-state index in [1.54, 1.807) is 6.42 Å². The molecule has 0 heteroatoms. The van der Waals surface area contributed by atoms with E-state index in [-0.39, 0.29) is 0 Å². The molecular weight excluding hydrogens is 180 g/mol. The Morgan fingerprint density at radius 3 is 1.07 bits per heavy atom. The summed E-state index contributed by atoms with van der Waals surface area (Å²) in [5.41, 5.74) is 0. The van der Waals surface area contributed by atoms with Crippen LogP contribution in [0.4, 0.5) is 0 Å². The fourth-order valence-electron chi connectivity index (χ4n) is 10.1. The molecule has 0 heterocycles. The van der Waals surface area contributed by atoms with Crippen molar-refractivity contribution >= 4 is 0 Å². The van der Waals surface area contributed by atoms with Crippen molar-refractivity contribution < 1.29 is 0 Å². The maximum atomic E-state index is 1.72. The molecule has 0 N–H and O–H groups in total. The zero-order valence-corrected chi connectivity index (χ0v) is 8.79. The molecule has 0 aromatic rings. The van der Waals surface area contributed by atoms with E-state index in [0.717, 1.165) is 0 Å². The Bertz CT molecular complexity index is 386. The van der Waals surface area contributed by atoms with Gasteiger partial charge in [0.1, 0.15) is 0 Å². The molecule has 76 valence electrons. The van der Waals surface area contributed by atoms with Gasteiger partial charge in [-0.05, 0) is 89.3 Å². The fourth-order valence-corrected chi connectivity index (χ4v) is 10.1. The van der Waals surface area contributed by atoms with Crippen molar-refractivity contribution in [1.82, 2.24) is 0 Å². The quantitative estimate of drug-likeness (QED) is 0.556. The zero-order valence-electron chi connectivity index (χ0n) is 8.79. The Balaban J connectivity index is 1.54. The van der Waals surface area contributed by atoms with E-state index in [0.29, 0.717) is 0 Å². The molecule has 0 saturated heterocycles. The lowest BCUT2D eigenvalue weighted by atomic mass is 9.16. The van der Waals surface area contributed by atoms with Crippen LogP contribution in [0.1, 0.15) is 6.42 Å². The van der Waals surface area contributed by atoms with Gasteiger partial charge in [0.25, 0.3) is 0 Å². The van der Waals surface area contributed by atoms with Gasteiger partial charge in [0, 0.05) is 0 Å². The minimum absolute atomic E-state index is 1.29. The largest absolute Gasteiger partial charge is 0.0464 e. The number of hydrogen-bond acceptors (Lipinski definition) is 0. The van der Waals surface area contributed by atoms with Gasteiger partial charge in [0.2, 0.25) is 0 Å². The van der Waals surface area contributed by atoms with Crippen LogP contribution in [0.2, 0.25) is 0 Å². The van der Waals surface area contributed by atoms with E-state index in [9.17, 15) is 0 Å². The van der Waals surface area contributed by atoms with Crippen molar-refractivity contribution in [2.24, 2.45) is 82.9 Å². The van der Waals surface area contributed by atoms with Crippen molar-refractivity contribution in [3.8, 4) is 0 Å². The van der Waals surface area contributed by atoms with Crippen LogP contribution in [0.25, 0.3) is 0 Å². The van der Waals surface area contributed by atoms with Crippen molar-refractivity contribution in [3.63, 3.8) is 0 Å². The second kappa shape index (κ2) is 1.28. The molecule has 15 heavy (non-hydrogen) atoms. The van der Waals surface area contributed by atoms with Crippen LogP contribution in [-0.4, -0.2) is 0 Å². The molecule has 0 aliphatic heterocycles. The van der Waals surface area contributed by atoms with E-state index in [1.165, 1.54) is 82.9 Å². The molecule has 0 aromatic carbocycles. The van der Waals surface area contributed by atoms with E-state index in [4.69, 9.17) is 0 Å². The molecule has 14 atom stereocenters. The molecule has 0 bridgehead atoms. The number of hydrogen-bond donors (Lipinski definition) is 0. The predicted molar refractivity (Wildman–Crippen MR) is 53.5 cm³/mol. The highest BCUT2D eigenvalue weighted by Crippen LogP contribution is 2.98. The van der Waals surface area contributed by atoms with Gasteiger partial charge in [0.15, 0.2) is 0 Å². The van der Waals surface area contributed by atoms with Crippen LogP contribution >= 0.6 is 0 Å². The maximum Gasteiger partial charge on any atom is -0.0312 e. The van der Waals surface area contributed by atoms with Crippen LogP contribution in [0, 0.1) is 82.9 Å². The second-order valence-electron chi connectivity index (χ2n) is 8.49. The first-order valence-corrected chi connectivity index (χ1v) is 7.48. The zero-order chi connectivity index (χ0) is 8.79. The first-order chi connectivity index (χ1) is 7.48. The summed E-state index contributed by atoms with van der Waals surface area (Å²) in [5.74, 6) is 18.4. The Hall–Kier alpha value is 0. The Labute approximate surface area is 89.8 Å². The van der Waals surface area contributed by atoms with Crippen molar-refractivity contribution in [3.05, 3.63) is 0 Å². The lowest BCUT2D eigenvalue weighted by molar-refractivity contribution is -0.415. The normalized spacial score (nSPS) is 102. The van der Waals surface area contributed by atoms with Crippen molar-refractivity contribution in [2.75, 3.05) is 0 Å². The summed E-state index contributed by atoms with van der Waals surface area (Å²) in [6.07, 6.45) is 1.72. The van der Waals surface area contributed by atoms with Gasteiger partial charge in [-0.25, -0.2) is 0 Å². The molecule has 8 aliphatic carbocycles. The van der Waals surface area contributed by atoms with Gasteiger partial charge < -0.3 is 0 Å². The van der Waals surface area contributed by atoms with Gasteiger partial charge in [-0.15, -0.1) is 0 Å². The summed E-state index contributed by atoms with van der Waals surface area (Å²) >= 11 is 0. The maximum absolute atomic E-state index is 1.72. The molecule has 13 unspecified atom stereocenters. The first-order valence-electron chi connectivity index (χ1n) is 7.48. The van der Waals surface area contributed by atoms with Gasteiger partial charge >= 0.3 is 0 Å². The van der Waals surface area contributed by atoms with Crippen molar-refractivity contribution in [1.29, 1.82) is 0 Å². The molecule has 8 saturated carbocycles. The summed E-state index contributed by atoms with van der Waals surface area (Å²) in [6.45, 7) is 0. The van der Waals surface area contributed by atoms with E-state index < -0.39 is 0 Å². The van der Waals surface area contributed by atoms with Crippen LogP contribution in [0.5, 0.6) is 0 Å². The second-order valence-corrected chi connectivity index (χ2v) is 8.49. The topological polar surface area (TPSA) is 0 Å². The minimum atomic E-state index is 1.29. The predicted octanol–water partition coefficient (Wildman–Crippen LogP) is 2.11. The molecule has 8 rings (SSSR count). The summed E-state index contributed by atoms with van der Waals surface area (Å²) in [5, 5.41) is 0.